The highest BCUT2D eigenvalue weighted by molar-refractivity contribution is 6.31. The van der Waals surface area contributed by atoms with E-state index in [1.807, 2.05) is 0 Å². The van der Waals surface area contributed by atoms with Gasteiger partial charge in [0.15, 0.2) is 0 Å². The van der Waals surface area contributed by atoms with Gasteiger partial charge in [-0.2, -0.15) is 0 Å². The Balaban J connectivity index is 2.85. The van der Waals surface area contributed by atoms with Gasteiger partial charge in [0, 0.05) is 0 Å². The predicted molar refractivity (Wildman–Crippen MR) is 50.0 cm³/mol. The molecule has 2 N–H and O–H groups in total. The Hall–Kier alpha value is -1.91. The summed E-state index contributed by atoms with van der Waals surface area (Å²) < 4.78 is 13.0. The molecule has 5 heteroatoms. The first-order valence-electron chi connectivity index (χ1n) is 3.88. The Morgan fingerprint density at radius 3 is 3.00 bits per heavy atom. The molecule has 0 aliphatic rings. The minimum Gasteiger partial charge on any atom is -0.411 e. The van der Waals surface area contributed by atoms with Crippen molar-refractivity contribution in [3.63, 3.8) is 0 Å². The summed E-state index contributed by atoms with van der Waals surface area (Å²) in [6, 6.07) is 4.32. The van der Waals surface area contributed by atoms with Crippen molar-refractivity contribution in [2.75, 3.05) is 5.32 Å². The topological polar surface area (TPSA) is 61.7 Å². The number of carbonyl (C=O) groups is 1. The van der Waals surface area contributed by atoms with E-state index in [2.05, 4.69) is 10.5 Å². The van der Waals surface area contributed by atoms with Crippen LogP contribution in [-0.2, 0) is 4.79 Å². The number of halogens is 1. The van der Waals surface area contributed by atoms with Gasteiger partial charge in [-0.1, -0.05) is 11.2 Å². The van der Waals surface area contributed by atoms with Gasteiger partial charge in [0.2, 0.25) is 0 Å². The van der Waals surface area contributed by atoms with E-state index in [1.54, 1.807) is 13.0 Å². The van der Waals surface area contributed by atoms with E-state index in [4.69, 9.17) is 5.21 Å². The number of nitrogens with zero attached hydrogens (tertiary/aromatic N) is 1. The summed E-state index contributed by atoms with van der Waals surface area (Å²) in [4.78, 5) is 10.9. The summed E-state index contributed by atoms with van der Waals surface area (Å²) in [7, 11) is 0. The Labute approximate surface area is 80.0 Å². The Morgan fingerprint density at radius 1 is 1.64 bits per heavy atom. The number of rotatable bonds is 2. The van der Waals surface area contributed by atoms with Crippen molar-refractivity contribution < 1.29 is 14.4 Å². The number of hydrogen-bond donors (Lipinski definition) is 2. The lowest BCUT2D eigenvalue weighted by Gasteiger charge is -2.03. The zero-order chi connectivity index (χ0) is 10.6. The molecule has 1 aromatic carbocycles. The van der Waals surface area contributed by atoms with Crippen molar-refractivity contribution in [3.05, 3.63) is 29.6 Å². The fourth-order valence-electron chi connectivity index (χ4n) is 0.952. The first-order chi connectivity index (χ1) is 6.63. The second-order valence-electron chi connectivity index (χ2n) is 2.72. The van der Waals surface area contributed by atoms with Gasteiger partial charge in [0.25, 0.3) is 5.91 Å². The molecule has 0 aliphatic heterocycles. The van der Waals surface area contributed by atoms with Gasteiger partial charge in [-0.15, -0.1) is 0 Å². The SMILES string of the molecule is Cc1ccc(F)c(NC(=O)/C=N\O)c1. The number of amides is 1. The average molecular weight is 196 g/mol. The van der Waals surface area contributed by atoms with Gasteiger partial charge < -0.3 is 10.5 Å². The molecule has 0 saturated heterocycles. The Morgan fingerprint density at radius 2 is 2.36 bits per heavy atom. The van der Waals surface area contributed by atoms with Crippen molar-refractivity contribution in [1.82, 2.24) is 0 Å². The molecule has 1 rings (SSSR count). The molecule has 0 aromatic heterocycles. The molecule has 0 saturated carbocycles. The molecular formula is C9H9FN2O2. The van der Waals surface area contributed by atoms with Gasteiger partial charge in [0.1, 0.15) is 12.0 Å². The molecule has 1 aromatic rings. The third kappa shape index (κ3) is 2.55. The van der Waals surface area contributed by atoms with Crippen LogP contribution in [0.4, 0.5) is 10.1 Å². The molecule has 4 nitrogen and oxygen atoms in total. The highest BCUT2D eigenvalue weighted by atomic mass is 19.1. The minimum atomic E-state index is -0.683. The van der Waals surface area contributed by atoms with Crippen LogP contribution < -0.4 is 5.32 Å². The zero-order valence-electron chi connectivity index (χ0n) is 7.49. The predicted octanol–water partition coefficient (Wildman–Crippen LogP) is 1.53. The lowest BCUT2D eigenvalue weighted by molar-refractivity contribution is -0.110. The van der Waals surface area contributed by atoms with Gasteiger partial charge in [0.05, 0.1) is 5.69 Å². The van der Waals surface area contributed by atoms with Crippen molar-refractivity contribution in [1.29, 1.82) is 0 Å². The average Bonchev–Trinajstić information content (AvgIpc) is 2.12. The summed E-state index contributed by atoms with van der Waals surface area (Å²) in [6.45, 7) is 1.77. The fraction of sp³-hybridized carbons (Fsp3) is 0.111. The van der Waals surface area contributed by atoms with Crippen LogP contribution in [0.5, 0.6) is 0 Å². The molecule has 0 spiro atoms. The highest BCUT2D eigenvalue weighted by Crippen LogP contribution is 2.14. The number of hydrogen-bond acceptors (Lipinski definition) is 3. The molecule has 0 radical (unpaired) electrons. The standard InChI is InChI=1S/C9H9FN2O2/c1-6-2-3-7(10)8(4-6)12-9(13)5-11-14/h2-5,14H,1H3,(H,12,13)/b11-5-. The van der Waals surface area contributed by atoms with Gasteiger partial charge >= 0.3 is 0 Å². The van der Waals surface area contributed by atoms with Crippen LogP contribution >= 0.6 is 0 Å². The number of benzene rings is 1. The second-order valence-corrected chi connectivity index (χ2v) is 2.72. The molecule has 0 fully saturated rings. The van der Waals surface area contributed by atoms with E-state index in [0.717, 1.165) is 5.56 Å². The largest absolute Gasteiger partial charge is 0.411 e. The minimum absolute atomic E-state index is 0.0647. The molecule has 0 heterocycles. The monoisotopic (exact) mass is 196 g/mol. The van der Waals surface area contributed by atoms with E-state index >= 15 is 0 Å². The Kier molecular flexibility index (Phi) is 3.17. The van der Waals surface area contributed by atoms with Crippen molar-refractivity contribution >= 4 is 17.8 Å². The molecule has 0 atom stereocenters. The van der Waals surface area contributed by atoms with Crippen molar-refractivity contribution in [2.45, 2.75) is 6.92 Å². The van der Waals surface area contributed by atoms with E-state index in [0.29, 0.717) is 6.21 Å². The Bertz CT molecular complexity index is 377. The van der Waals surface area contributed by atoms with E-state index in [9.17, 15) is 9.18 Å². The molecular weight excluding hydrogens is 187 g/mol. The zero-order valence-corrected chi connectivity index (χ0v) is 7.49. The van der Waals surface area contributed by atoms with E-state index in [-0.39, 0.29) is 5.69 Å². The normalized spacial score (nSPS) is 10.4. The van der Waals surface area contributed by atoms with Gasteiger partial charge in [-0.05, 0) is 24.6 Å². The van der Waals surface area contributed by atoms with Crippen LogP contribution in [-0.4, -0.2) is 17.3 Å². The first-order valence-corrected chi connectivity index (χ1v) is 3.88. The maximum Gasteiger partial charge on any atom is 0.270 e. The van der Waals surface area contributed by atoms with Gasteiger partial charge in [-0.25, -0.2) is 4.39 Å². The third-order valence-corrected chi connectivity index (χ3v) is 1.55. The van der Waals surface area contributed by atoms with Crippen LogP contribution in [0.3, 0.4) is 0 Å². The number of aryl methyl sites for hydroxylation is 1. The summed E-state index contributed by atoms with van der Waals surface area (Å²) in [5.74, 6) is -1.22. The van der Waals surface area contributed by atoms with Crippen LogP contribution in [0.25, 0.3) is 0 Å². The molecule has 14 heavy (non-hydrogen) atoms. The fourth-order valence-corrected chi connectivity index (χ4v) is 0.952. The number of anilines is 1. The van der Waals surface area contributed by atoms with Crippen LogP contribution in [0.1, 0.15) is 5.56 Å². The number of nitrogens with one attached hydrogen (secondary N) is 1. The molecule has 1 amide bonds. The maximum atomic E-state index is 13.0. The highest BCUT2D eigenvalue weighted by Gasteiger charge is 2.04. The first kappa shape index (κ1) is 10.2. The molecule has 0 aliphatic carbocycles. The lowest BCUT2D eigenvalue weighted by atomic mass is 10.2. The maximum absolute atomic E-state index is 13.0. The van der Waals surface area contributed by atoms with E-state index < -0.39 is 11.7 Å². The number of oxime groups is 1. The van der Waals surface area contributed by atoms with E-state index in [1.165, 1.54) is 12.1 Å². The van der Waals surface area contributed by atoms with Crippen LogP contribution in [0.2, 0.25) is 0 Å². The quantitative estimate of drug-likeness (QED) is 0.428. The van der Waals surface area contributed by atoms with Crippen LogP contribution in [0, 0.1) is 12.7 Å². The van der Waals surface area contributed by atoms with Crippen molar-refractivity contribution in [2.24, 2.45) is 5.16 Å². The summed E-state index contributed by atoms with van der Waals surface area (Å²) >= 11 is 0. The van der Waals surface area contributed by atoms with Crippen molar-refractivity contribution in [3.8, 4) is 0 Å². The smallest absolute Gasteiger partial charge is 0.270 e. The number of carbonyl (C=O) groups excluding carboxylic acids is 1. The summed E-state index contributed by atoms with van der Waals surface area (Å²) in [6.07, 6.45) is 0.655. The summed E-state index contributed by atoms with van der Waals surface area (Å²) in [5.41, 5.74) is 0.887. The summed E-state index contributed by atoms with van der Waals surface area (Å²) in [5, 5.41) is 12.8. The second kappa shape index (κ2) is 4.36. The third-order valence-electron chi connectivity index (χ3n) is 1.55. The molecule has 0 unspecified atom stereocenters. The van der Waals surface area contributed by atoms with Crippen LogP contribution in [0.15, 0.2) is 23.4 Å². The lowest BCUT2D eigenvalue weighted by Crippen LogP contribution is -2.13. The molecule has 0 bridgehead atoms. The van der Waals surface area contributed by atoms with Gasteiger partial charge in [-0.3, -0.25) is 4.79 Å². The molecule has 74 valence electrons.